The maximum atomic E-state index is 10.9. The third kappa shape index (κ3) is 2.73. The van der Waals surface area contributed by atoms with Gasteiger partial charge in [0, 0.05) is 12.3 Å². The molecule has 0 radical (unpaired) electrons. The number of benzene rings is 1. The molecule has 0 unspecified atom stereocenters. The largest absolute Gasteiger partial charge is 0.431 e. The highest BCUT2D eigenvalue weighted by Gasteiger charge is 2.17. The van der Waals surface area contributed by atoms with Gasteiger partial charge in [-0.05, 0) is 41.1 Å². The summed E-state index contributed by atoms with van der Waals surface area (Å²) in [4.78, 5) is 18.2. The molecule has 0 spiro atoms. The van der Waals surface area contributed by atoms with E-state index in [0.29, 0.717) is 9.45 Å². The van der Waals surface area contributed by atoms with E-state index in [9.17, 15) is 10.1 Å². The summed E-state index contributed by atoms with van der Waals surface area (Å²) in [7, 11) is 0. The molecule has 0 aliphatic carbocycles. The molecular formula is C11H8IN3O3. The van der Waals surface area contributed by atoms with Gasteiger partial charge in [0.2, 0.25) is 11.6 Å². The van der Waals surface area contributed by atoms with E-state index in [0.717, 1.165) is 5.56 Å². The van der Waals surface area contributed by atoms with Crippen molar-refractivity contribution in [2.75, 3.05) is 0 Å². The van der Waals surface area contributed by atoms with E-state index in [1.165, 1.54) is 12.4 Å². The van der Waals surface area contributed by atoms with E-state index in [1.807, 2.05) is 22.6 Å². The van der Waals surface area contributed by atoms with E-state index in [4.69, 9.17) is 4.74 Å². The van der Waals surface area contributed by atoms with Gasteiger partial charge in [0.05, 0.1) is 8.49 Å². The minimum Gasteiger partial charge on any atom is -0.431 e. The van der Waals surface area contributed by atoms with Crippen LogP contribution in [0.1, 0.15) is 5.56 Å². The van der Waals surface area contributed by atoms with Gasteiger partial charge in [0.1, 0.15) is 6.33 Å². The fraction of sp³-hybridized carbons (Fsp3) is 0.0909. The first kappa shape index (κ1) is 12.7. The summed E-state index contributed by atoms with van der Waals surface area (Å²) < 4.78 is 6.14. The van der Waals surface area contributed by atoms with E-state index in [2.05, 4.69) is 9.97 Å². The minimum absolute atomic E-state index is 0.0792. The molecule has 0 amide bonds. The molecule has 18 heavy (non-hydrogen) atoms. The SMILES string of the molecule is Cc1ccc(Oc2ncncc2I)c([N+](=O)[O-])c1. The molecule has 0 bridgehead atoms. The highest BCUT2D eigenvalue weighted by atomic mass is 127. The first-order chi connectivity index (χ1) is 8.58. The number of nitrogens with zero attached hydrogens (tertiary/aromatic N) is 3. The second-order valence-electron chi connectivity index (χ2n) is 3.51. The van der Waals surface area contributed by atoms with Crippen molar-refractivity contribution in [2.24, 2.45) is 0 Å². The highest BCUT2D eigenvalue weighted by Crippen LogP contribution is 2.32. The van der Waals surface area contributed by atoms with Crippen LogP contribution in [0.3, 0.4) is 0 Å². The lowest BCUT2D eigenvalue weighted by atomic mass is 10.2. The number of nitro benzene ring substituents is 1. The van der Waals surface area contributed by atoms with Gasteiger partial charge in [-0.3, -0.25) is 10.1 Å². The molecule has 0 aliphatic heterocycles. The zero-order valence-electron chi connectivity index (χ0n) is 9.33. The first-order valence-corrected chi connectivity index (χ1v) is 6.04. The average molecular weight is 357 g/mol. The highest BCUT2D eigenvalue weighted by molar-refractivity contribution is 14.1. The Balaban J connectivity index is 2.41. The maximum absolute atomic E-state index is 10.9. The average Bonchev–Trinajstić information content (AvgIpc) is 2.34. The van der Waals surface area contributed by atoms with Crippen molar-refractivity contribution >= 4 is 28.3 Å². The molecule has 6 nitrogen and oxygen atoms in total. The molecule has 0 N–H and O–H groups in total. The Morgan fingerprint density at radius 1 is 1.44 bits per heavy atom. The number of hydrogen-bond acceptors (Lipinski definition) is 5. The van der Waals surface area contributed by atoms with Gasteiger partial charge < -0.3 is 4.74 Å². The molecule has 7 heteroatoms. The molecule has 0 fully saturated rings. The monoisotopic (exact) mass is 357 g/mol. The lowest BCUT2D eigenvalue weighted by Crippen LogP contribution is -1.97. The van der Waals surface area contributed by atoms with Gasteiger partial charge in [-0.15, -0.1) is 0 Å². The van der Waals surface area contributed by atoms with E-state index in [-0.39, 0.29) is 11.4 Å². The zero-order chi connectivity index (χ0) is 13.1. The van der Waals surface area contributed by atoms with Crippen LogP contribution in [0.25, 0.3) is 0 Å². The molecule has 2 aromatic rings. The third-order valence-electron chi connectivity index (χ3n) is 2.15. The normalized spacial score (nSPS) is 10.1. The van der Waals surface area contributed by atoms with Gasteiger partial charge in [-0.1, -0.05) is 6.07 Å². The molecule has 1 aromatic carbocycles. The lowest BCUT2D eigenvalue weighted by molar-refractivity contribution is -0.385. The molecule has 1 aromatic heterocycles. The molecule has 0 atom stereocenters. The van der Waals surface area contributed by atoms with E-state index < -0.39 is 4.92 Å². The number of halogens is 1. The van der Waals surface area contributed by atoms with Crippen LogP contribution in [0.2, 0.25) is 0 Å². The van der Waals surface area contributed by atoms with Gasteiger partial charge >= 0.3 is 5.69 Å². The summed E-state index contributed by atoms with van der Waals surface area (Å²) in [6.45, 7) is 1.78. The van der Waals surface area contributed by atoms with Crippen LogP contribution >= 0.6 is 22.6 Å². The number of nitro groups is 1. The maximum Gasteiger partial charge on any atom is 0.311 e. The molecule has 1 heterocycles. The molecule has 0 aliphatic rings. The topological polar surface area (TPSA) is 78.2 Å². The summed E-state index contributed by atoms with van der Waals surface area (Å²) in [6.07, 6.45) is 2.90. The first-order valence-electron chi connectivity index (χ1n) is 4.96. The second-order valence-corrected chi connectivity index (χ2v) is 4.67. The molecule has 0 saturated heterocycles. The Bertz CT molecular complexity index is 604. The van der Waals surface area contributed by atoms with Crippen LogP contribution in [0.5, 0.6) is 11.6 Å². The Hall–Kier alpha value is -1.77. The van der Waals surface area contributed by atoms with Gasteiger partial charge in [0.15, 0.2) is 0 Å². The fourth-order valence-corrected chi connectivity index (χ4v) is 1.75. The lowest BCUT2D eigenvalue weighted by Gasteiger charge is -2.06. The molecule has 2 rings (SSSR count). The van der Waals surface area contributed by atoms with Crippen molar-refractivity contribution in [3.05, 3.63) is 50.0 Å². The summed E-state index contributed by atoms with van der Waals surface area (Å²) >= 11 is 2.00. The number of aryl methyl sites for hydroxylation is 1. The molecule has 92 valence electrons. The second kappa shape index (κ2) is 5.25. The van der Waals surface area contributed by atoms with E-state index in [1.54, 1.807) is 25.3 Å². The number of rotatable bonds is 3. The summed E-state index contributed by atoms with van der Waals surface area (Å²) in [5, 5.41) is 10.9. The van der Waals surface area contributed by atoms with Crippen LogP contribution in [0.4, 0.5) is 5.69 Å². The Labute approximate surface area is 116 Å². The van der Waals surface area contributed by atoms with Gasteiger partial charge in [-0.2, -0.15) is 0 Å². The van der Waals surface area contributed by atoms with Crippen molar-refractivity contribution in [3.63, 3.8) is 0 Å². The Morgan fingerprint density at radius 2 is 2.22 bits per heavy atom. The zero-order valence-corrected chi connectivity index (χ0v) is 11.5. The van der Waals surface area contributed by atoms with E-state index >= 15 is 0 Å². The van der Waals surface area contributed by atoms with Crippen LogP contribution in [-0.2, 0) is 0 Å². The summed E-state index contributed by atoms with van der Waals surface area (Å²) in [6, 6.07) is 4.77. The predicted molar refractivity (Wildman–Crippen MR) is 72.7 cm³/mol. The van der Waals surface area contributed by atoms with Gasteiger partial charge in [-0.25, -0.2) is 9.97 Å². The van der Waals surface area contributed by atoms with Crippen molar-refractivity contribution in [3.8, 4) is 11.6 Å². The minimum atomic E-state index is -0.476. The van der Waals surface area contributed by atoms with Crippen molar-refractivity contribution in [2.45, 2.75) is 6.92 Å². The number of aromatic nitrogens is 2. The van der Waals surface area contributed by atoms with Crippen LogP contribution in [-0.4, -0.2) is 14.9 Å². The van der Waals surface area contributed by atoms with Crippen LogP contribution in [0, 0.1) is 20.6 Å². The molecular weight excluding hydrogens is 349 g/mol. The quantitative estimate of drug-likeness (QED) is 0.479. The predicted octanol–water partition coefficient (Wildman–Crippen LogP) is 3.09. The molecule has 0 saturated carbocycles. The van der Waals surface area contributed by atoms with Crippen molar-refractivity contribution < 1.29 is 9.66 Å². The number of hydrogen-bond donors (Lipinski definition) is 0. The number of ether oxygens (including phenoxy) is 1. The smallest absolute Gasteiger partial charge is 0.311 e. The summed E-state index contributed by atoms with van der Waals surface area (Å²) in [5.41, 5.74) is 0.718. The Kier molecular flexibility index (Phi) is 3.70. The van der Waals surface area contributed by atoms with Crippen LogP contribution in [0.15, 0.2) is 30.7 Å². The Morgan fingerprint density at radius 3 is 2.89 bits per heavy atom. The summed E-state index contributed by atoms with van der Waals surface area (Å²) in [5.74, 6) is 0.472. The standard InChI is InChI=1S/C11H8IN3O3/c1-7-2-3-10(9(4-7)15(16)17)18-11-8(12)5-13-6-14-11/h2-6H,1H3. The third-order valence-corrected chi connectivity index (χ3v) is 2.89. The fourth-order valence-electron chi connectivity index (χ4n) is 1.34. The van der Waals surface area contributed by atoms with Crippen LogP contribution < -0.4 is 4.74 Å². The van der Waals surface area contributed by atoms with Gasteiger partial charge in [0.25, 0.3) is 0 Å². The van der Waals surface area contributed by atoms with Crippen molar-refractivity contribution in [1.29, 1.82) is 0 Å². The van der Waals surface area contributed by atoms with Crippen molar-refractivity contribution in [1.82, 2.24) is 9.97 Å².